The van der Waals surface area contributed by atoms with Crippen molar-refractivity contribution in [1.82, 2.24) is 9.66 Å². The summed E-state index contributed by atoms with van der Waals surface area (Å²) in [5.41, 5.74) is 1.08. The molecule has 0 aliphatic carbocycles. The number of rotatable bonds is 3. The van der Waals surface area contributed by atoms with Gasteiger partial charge in [0.2, 0.25) is 0 Å². The second kappa shape index (κ2) is 5.69. The Kier molecular flexibility index (Phi) is 3.57. The molecule has 0 atom stereocenters. The number of aromatic hydroxyl groups is 1. The average molecular weight is 295 g/mol. The number of hydrogen-bond donors (Lipinski definition) is 1. The Hall–Kier alpha value is -3.15. The van der Waals surface area contributed by atoms with Crippen LogP contribution in [0.25, 0.3) is 10.9 Å². The van der Waals surface area contributed by atoms with Crippen molar-refractivity contribution >= 4 is 17.1 Å². The normalized spacial score (nSPS) is 11.1. The maximum Gasteiger partial charge on any atom is 0.281 e. The molecule has 3 rings (SSSR count). The van der Waals surface area contributed by atoms with Gasteiger partial charge >= 0.3 is 0 Å². The van der Waals surface area contributed by atoms with Gasteiger partial charge in [-0.25, -0.2) is 4.98 Å². The molecule has 0 bridgehead atoms. The molecule has 0 spiro atoms. The first-order valence-electron chi connectivity index (χ1n) is 6.57. The lowest BCUT2D eigenvalue weighted by molar-refractivity contribution is 0.373. The van der Waals surface area contributed by atoms with E-state index in [9.17, 15) is 9.90 Å². The highest BCUT2D eigenvalue weighted by Crippen LogP contribution is 2.25. The second-order valence-corrected chi connectivity index (χ2v) is 4.59. The van der Waals surface area contributed by atoms with E-state index in [4.69, 9.17) is 4.74 Å². The third-order valence-electron chi connectivity index (χ3n) is 3.18. The summed E-state index contributed by atoms with van der Waals surface area (Å²) in [6, 6.07) is 11.9. The van der Waals surface area contributed by atoms with Crippen molar-refractivity contribution in [3.8, 4) is 11.5 Å². The van der Waals surface area contributed by atoms with Crippen molar-refractivity contribution < 1.29 is 9.84 Å². The molecule has 0 saturated heterocycles. The zero-order valence-electron chi connectivity index (χ0n) is 11.8. The lowest BCUT2D eigenvalue weighted by Gasteiger charge is -2.04. The van der Waals surface area contributed by atoms with Crippen molar-refractivity contribution in [3.63, 3.8) is 0 Å². The van der Waals surface area contributed by atoms with Crippen molar-refractivity contribution in [2.45, 2.75) is 0 Å². The van der Waals surface area contributed by atoms with Gasteiger partial charge in [0, 0.05) is 0 Å². The first-order valence-corrected chi connectivity index (χ1v) is 6.57. The Bertz CT molecular complexity index is 916. The first kappa shape index (κ1) is 13.8. The van der Waals surface area contributed by atoms with E-state index in [1.54, 1.807) is 30.3 Å². The van der Waals surface area contributed by atoms with E-state index in [2.05, 4.69) is 10.1 Å². The van der Waals surface area contributed by atoms with Gasteiger partial charge in [0.25, 0.3) is 5.56 Å². The standard InChI is InChI=1S/C16H13N3O3/c1-22-15-8-11(6-7-14(15)20)9-18-19-10-17-13-5-3-2-4-12(13)16(19)21/h2-10,20H,1H3/b18-9-. The van der Waals surface area contributed by atoms with Crippen LogP contribution < -0.4 is 10.3 Å². The highest BCUT2D eigenvalue weighted by Gasteiger charge is 2.03. The minimum absolute atomic E-state index is 0.0455. The molecule has 0 radical (unpaired) electrons. The van der Waals surface area contributed by atoms with Gasteiger partial charge in [0.1, 0.15) is 6.33 Å². The summed E-state index contributed by atoms with van der Waals surface area (Å²) < 4.78 is 6.19. The third-order valence-corrected chi connectivity index (χ3v) is 3.18. The molecule has 0 aliphatic heterocycles. The monoisotopic (exact) mass is 295 g/mol. The molecule has 0 unspecified atom stereocenters. The number of phenols is 1. The van der Waals surface area contributed by atoms with E-state index in [-0.39, 0.29) is 11.3 Å². The van der Waals surface area contributed by atoms with Gasteiger partial charge in [-0.15, -0.1) is 0 Å². The predicted molar refractivity (Wildman–Crippen MR) is 83.7 cm³/mol. The molecule has 6 nitrogen and oxygen atoms in total. The van der Waals surface area contributed by atoms with Crippen molar-refractivity contribution in [2.75, 3.05) is 7.11 Å². The molecule has 0 aliphatic rings. The molecule has 3 aromatic rings. The summed E-state index contributed by atoms with van der Waals surface area (Å²) in [5, 5.41) is 14.2. The molecule has 1 aromatic heterocycles. The van der Waals surface area contributed by atoms with Gasteiger partial charge in [0.05, 0.1) is 24.2 Å². The van der Waals surface area contributed by atoms with Gasteiger partial charge < -0.3 is 9.84 Å². The number of nitrogens with zero attached hydrogens (tertiary/aromatic N) is 3. The second-order valence-electron chi connectivity index (χ2n) is 4.59. The Labute approximate surface area is 125 Å². The zero-order valence-corrected chi connectivity index (χ0v) is 11.8. The summed E-state index contributed by atoms with van der Waals surface area (Å²) in [5.74, 6) is 0.386. The van der Waals surface area contributed by atoms with E-state index in [0.29, 0.717) is 22.2 Å². The highest BCUT2D eigenvalue weighted by atomic mass is 16.5. The number of fused-ring (bicyclic) bond motifs is 1. The number of hydrogen-bond acceptors (Lipinski definition) is 5. The lowest BCUT2D eigenvalue weighted by Crippen LogP contribution is -2.16. The van der Waals surface area contributed by atoms with Gasteiger partial charge in [0.15, 0.2) is 11.5 Å². The third kappa shape index (κ3) is 2.54. The molecule has 110 valence electrons. The molecule has 1 heterocycles. The largest absolute Gasteiger partial charge is 0.504 e. The zero-order chi connectivity index (χ0) is 15.5. The van der Waals surface area contributed by atoms with Crippen LogP contribution in [0.2, 0.25) is 0 Å². The smallest absolute Gasteiger partial charge is 0.281 e. The van der Waals surface area contributed by atoms with Gasteiger partial charge in [-0.3, -0.25) is 4.79 Å². The van der Waals surface area contributed by atoms with E-state index in [1.165, 1.54) is 30.4 Å². The summed E-state index contributed by atoms with van der Waals surface area (Å²) >= 11 is 0. The Balaban J connectivity index is 1.99. The number of benzene rings is 2. The number of phenolic OH excluding ortho intramolecular Hbond substituents is 1. The molecule has 0 fully saturated rings. The van der Waals surface area contributed by atoms with Crippen LogP contribution in [-0.4, -0.2) is 28.1 Å². The number of ether oxygens (including phenoxy) is 1. The summed E-state index contributed by atoms with van der Waals surface area (Å²) in [6.07, 6.45) is 2.87. The number of methoxy groups -OCH3 is 1. The van der Waals surface area contributed by atoms with Crippen molar-refractivity contribution in [3.05, 3.63) is 64.7 Å². The summed E-state index contributed by atoms with van der Waals surface area (Å²) in [6.45, 7) is 0. The lowest BCUT2D eigenvalue weighted by atomic mass is 10.2. The fraction of sp³-hybridized carbons (Fsp3) is 0.0625. The SMILES string of the molecule is COc1cc(/C=N\n2cnc3ccccc3c2=O)ccc1O. The van der Waals surface area contributed by atoms with Crippen molar-refractivity contribution in [2.24, 2.45) is 5.10 Å². The van der Waals surface area contributed by atoms with Crippen LogP contribution >= 0.6 is 0 Å². The topological polar surface area (TPSA) is 76.7 Å². The van der Waals surface area contributed by atoms with Crippen LogP contribution in [0.15, 0.2) is 58.7 Å². The van der Waals surface area contributed by atoms with Crippen LogP contribution in [0.1, 0.15) is 5.56 Å². The minimum Gasteiger partial charge on any atom is -0.504 e. The van der Waals surface area contributed by atoms with E-state index >= 15 is 0 Å². The van der Waals surface area contributed by atoms with Crippen LogP contribution in [0, 0.1) is 0 Å². The number of para-hydroxylation sites is 1. The summed E-state index contributed by atoms with van der Waals surface area (Å²) in [4.78, 5) is 16.5. The van der Waals surface area contributed by atoms with Gasteiger partial charge in [-0.05, 0) is 35.9 Å². The Morgan fingerprint density at radius 2 is 2.09 bits per heavy atom. The molecule has 1 N–H and O–H groups in total. The highest BCUT2D eigenvalue weighted by molar-refractivity contribution is 5.81. The van der Waals surface area contributed by atoms with E-state index in [0.717, 1.165) is 0 Å². The molecule has 6 heteroatoms. The van der Waals surface area contributed by atoms with Crippen LogP contribution in [-0.2, 0) is 0 Å². The summed E-state index contributed by atoms with van der Waals surface area (Å²) in [7, 11) is 1.47. The first-order chi connectivity index (χ1) is 10.7. The van der Waals surface area contributed by atoms with Gasteiger partial charge in [-0.2, -0.15) is 9.78 Å². The van der Waals surface area contributed by atoms with Crippen LogP contribution in [0.4, 0.5) is 0 Å². The van der Waals surface area contributed by atoms with E-state index in [1.807, 2.05) is 6.07 Å². The molecule has 2 aromatic carbocycles. The molecule has 0 amide bonds. The fourth-order valence-corrected chi connectivity index (χ4v) is 2.05. The molecular weight excluding hydrogens is 282 g/mol. The fourth-order valence-electron chi connectivity index (χ4n) is 2.05. The average Bonchev–Trinajstić information content (AvgIpc) is 2.56. The minimum atomic E-state index is -0.243. The maximum atomic E-state index is 12.3. The predicted octanol–water partition coefficient (Wildman–Crippen LogP) is 1.99. The van der Waals surface area contributed by atoms with Crippen molar-refractivity contribution in [1.29, 1.82) is 0 Å². The Morgan fingerprint density at radius 3 is 2.91 bits per heavy atom. The number of aromatic nitrogens is 2. The quantitative estimate of drug-likeness (QED) is 0.750. The van der Waals surface area contributed by atoms with E-state index < -0.39 is 0 Å². The molecular formula is C16H13N3O3. The van der Waals surface area contributed by atoms with Crippen LogP contribution in [0.5, 0.6) is 11.5 Å². The molecule has 0 saturated carbocycles. The Morgan fingerprint density at radius 1 is 1.27 bits per heavy atom. The maximum absolute atomic E-state index is 12.3. The molecule has 22 heavy (non-hydrogen) atoms. The van der Waals surface area contributed by atoms with Crippen LogP contribution in [0.3, 0.4) is 0 Å². The van der Waals surface area contributed by atoms with Gasteiger partial charge in [-0.1, -0.05) is 12.1 Å².